The first-order valence-corrected chi connectivity index (χ1v) is 15.2. The first kappa shape index (κ1) is 30.0. The van der Waals surface area contributed by atoms with Crippen molar-refractivity contribution >= 4 is 21.8 Å². The van der Waals surface area contributed by atoms with Crippen LogP contribution in [0.2, 0.25) is 0 Å². The van der Waals surface area contributed by atoms with Crippen LogP contribution in [0.5, 0.6) is 5.75 Å². The van der Waals surface area contributed by atoms with Gasteiger partial charge in [-0.1, -0.05) is 60.7 Å². The van der Waals surface area contributed by atoms with Gasteiger partial charge < -0.3 is 15.0 Å². The van der Waals surface area contributed by atoms with Crippen LogP contribution in [-0.2, 0) is 32.6 Å². The molecule has 0 aromatic heterocycles. The van der Waals surface area contributed by atoms with Crippen LogP contribution in [0.1, 0.15) is 42.0 Å². The van der Waals surface area contributed by atoms with Gasteiger partial charge in [0.2, 0.25) is 21.8 Å². The number of sulfonamides is 1. The maximum absolute atomic E-state index is 13.8. The second-order valence-electron chi connectivity index (χ2n) is 9.97. The van der Waals surface area contributed by atoms with E-state index in [1.54, 1.807) is 42.4 Å². The van der Waals surface area contributed by atoms with Gasteiger partial charge in [0.1, 0.15) is 11.8 Å². The monoisotopic (exact) mass is 575 g/mol. The highest BCUT2D eigenvalue weighted by Crippen LogP contribution is 2.26. The SMILES string of the molecule is C=CCNC(=O)[C@@H](c1ccccc1)N(Cc1ccc(OC)cc1)C(=O)CCc1ccc(S(=O)(=O)N2CCCC2)cc1. The highest BCUT2D eigenvalue weighted by atomic mass is 32.2. The van der Waals surface area contributed by atoms with E-state index in [2.05, 4.69) is 11.9 Å². The number of nitrogens with zero attached hydrogens (tertiary/aromatic N) is 2. The van der Waals surface area contributed by atoms with Gasteiger partial charge in [-0.05, 0) is 60.2 Å². The van der Waals surface area contributed by atoms with Crippen molar-refractivity contribution < 1.29 is 22.7 Å². The Balaban J connectivity index is 1.56. The molecular formula is C32H37N3O5S. The molecule has 0 bridgehead atoms. The minimum absolute atomic E-state index is 0.145. The van der Waals surface area contributed by atoms with Gasteiger partial charge in [0.25, 0.3) is 0 Å². The Morgan fingerprint density at radius 3 is 2.22 bits per heavy atom. The minimum Gasteiger partial charge on any atom is -0.497 e. The fraction of sp³-hybridized carbons (Fsp3) is 0.312. The van der Waals surface area contributed by atoms with Gasteiger partial charge in [0.05, 0.1) is 12.0 Å². The summed E-state index contributed by atoms with van der Waals surface area (Å²) in [5.74, 6) is 0.205. The molecule has 3 aromatic carbocycles. The number of carbonyl (C=O) groups excluding carboxylic acids is 2. The van der Waals surface area contributed by atoms with Crippen LogP contribution in [0.15, 0.2) is 96.4 Å². The molecule has 0 radical (unpaired) electrons. The maximum Gasteiger partial charge on any atom is 0.247 e. The Morgan fingerprint density at radius 1 is 0.976 bits per heavy atom. The molecule has 0 aliphatic carbocycles. The third-order valence-corrected chi connectivity index (χ3v) is 9.09. The summed E-state index contributed by atoms with van der Waals surface area (Å²) in [4.78, 5) is 29.1. The van der Waals surface area contributed by atoms with Gasteiger partial charge in [-0.25, -0.2) is 8.42 Å². The van der Waals surface area contributed by atoms with Crippen molar-refractivity contribution in [2.75, 3.05) is 26.7 Å². The van der Waals surface area contributed by atoms with E-state index < -0.39 is 16.1 Å². The number of benzene rings is 3. The van der Waals surface area contributed by atoms with Crippen LogP contribution in [0.25, 0.3) is 0 Å². The van der Waals surface area contributed by atoms with Crippen molar-refractivity contribution in [3.8, 4) is 5.75 Å². The zero-order valence-corrected chi connectivity index (χ0v) is 24.2. The predicted molar refractivity (Wildman–Crippen MR) is 159 cm³/mol. The molecule has 41 heavy (non-hydrogen) atoms. The van der Waals surface area contributed by atoms with E-state index in [1.807, 2.05) is 54.6 Å². The largest absolute Gasteiger partial charge is 0.497 e. The second kappa shape index (κ2) is 14.1. The number of amides is 2. The highest BCUT2D eigenvalue weighted by molar-refractivity contribution is 7.89. The van der Waals surface area contributed by atoms with Crippen molar-refractivity contribution in [2.45, 2.75) is 43.2 Å². The third-order valence-electron chi connectivity index (χ3n) is 7.18. The van der Waals surface area contributed by atoms with Gasteiger partial charge in [-0.2, -0.15) is 4.31 Å². The van der Waals surface area contributed by atoms with Crippen LogP contribution >= 0.6 is 0 Å². The molecule has 4 rings (SSSR count). The van der Waals surface area contributed by atoms with Crippen LogP contribution in [-0.4, -0.2) is 56.2 Å². The molecule has 1 atom stereocenters. The number of carbonyl (C=O) groups is 2. The zero-order valence-electron chi connectivity index (χ0n) is 23.4. The summed E-state index contributed by atoms with van der Waals surface area (Å²) in [6.07, 6.45) is 3.90. The molecule has 216 valence electrons. The topological polar surface area (TPSA) is 96.0 Å². The molecular weight excluding hydrogens is 538 g/mol. The summed E-state index contributed by atoms with van der Waals surface area (Å²) in [6.45, 7) is 5.28. The van der Waals surface area contributed by atoms with Gasteiger partial charge in [0.15, 0.2) is 0 Å². The van der Waals surface area contributed by atoms with E-state index in [0.29, 0.717) is 30.8 Å². The summed E-state index contributed by atoms with van der Waals surface area (Å²) in [7, 11) is -1.91. The molecule has 1 aliphatic heterocycles. The normalized spacial score (nSPS) is 14.3. The van der Waals surface area contributed by atoms with E-state index in [0.717, 1.165) is 24.0 Å². The van der Waals surface area contributed by atoms with E-state index in [1.165, 1.54) is 4.31 Å². The molecule has 0 unspecified atom stereocenters. The fourth-order valence-electron chi connectivity index (χ4n) is 4.93. The smallest absolute Gasteiger partial charge is 0.247 e. The average molecular weight is 576 g/mol. The van der Waals surface area contributed by atoms with E-state index in [4.69, 9.17) is 4.74 Å². The van der Waals surface area contributed by atoms with Crippen molar-refractivity contribution in [1.29, 1.82) is 0 Å². The van der Waals surface area contributed by atoms with Crippen LogP contribution < -0.4 is 10.1 Å². The molecule has 1 saturated heterocycles. The number of ether oxygens (including phenoxy) is 1. The summed E-state index contributed by atoms with van der Waals surface area (Å²) < 4.78 is 32.5. The van der Waals surface area contributed by atoms with E-state index in [-0.39, 0.29) is 36.2 Å². The molecule has 8 nitrogen and oxygen atoms in total. The van der Waals surface area contributed by atoms with Crippen molar-refractivity contribution in [1.82, 2.24) is 14.5 Å². The summed E-state index contributed by atoms with van der Waals surface area (Å²) in [5, 5.41) is 2.86. The quantitative estimate of drug-likeness (QED) is 0.303. The van der Waals surface area contributed by atoms with Gasteiger partial charge in [-0.15, -0.1) is 6.58 Å². The van der Waals surface area contributed by atoms with Crippen LogP contribution in [0.4, 0.5) is 0 Å². The first-order chi connectivity index (χ1) is 19.8. The van der Waals surface area contributed by atoms with E-state index >= 15 is 0 Å². The molecule has 1 aliphatic rings. The Kier molecular flexibility index (Phi) is 10.3. The predicted octanol–water partition coefficient (Wildman–Crippen LogP) is 4.48. The lowest BCUT2D eigenvalue weighted by atomic mass is 10.0. The van der Waals surface area contributed by atoms with Crippen molar-refractivity contribution in [3.05, 3.63) is 108 Å². The minimum atomic E-state index is -3.50. The lowest BCUT2D eigenvalue weighted by Gasteiger charge is -2.31. The number of rotatable bonds is 13. The van der Waals surface area contributed by atoms with Crippen molar-refractivity contribution in [3.63, 3.8) is 0 Å². The number of aryl methyl sites for hydroxylation is 1. The molecule has 1 heterocycles. The number of hydrogen-bond acceptors (Lipinski definition) is 5. The Hall–Kier alpha value is -3.95. The summed E-state index contributed by atoms with van der Waals surface area (Å²) >= 11 is 0. The molecule has 2 amide bonds. The molecule has 9 heteroatoms. The Bertz CT molecular complexity index is 1420. The molecule has 0 saturated carbocycles. The summed E-state index contributed by atoms with van der Waals surface area (Å²) in [6, 6.07) is 22.5. The highest BCUT2D eigenvalue weighted by Gasteiger charge is 2.31. The molecule has 1 N–H and O–H groups in total. The zero-order chi connectivity index (χ0) is 29.2. The lowest BCUT2D eigenvalue weighted by Crippen LogP contribution is -2.43. The maximum atomic E-state index is 13.8. The number of hydrogen-bond donors (Lipinski definition) is 1. The molecule has 0 spiro atoms. The standard InChI is InChI=1S/C32H37N3O5S/c1-3-21-33-32(37)31(27-9-5-4-6-10-27)35(24-26-11-16-28(40-2)17-12-26)30(36)20-15-25-13-18-29(19-14-25)41(38,39)34-22-7-8-23-34/h3-6,9-14,16-19,31H,1,7-8,15,20-24H2,2H3,(H,33,37)/t31-/m1/s1. The van der Waals surface area contributed by atoms with Gasteiger partial charge in [0, 0.05) is 32.6 Å². The lowest BCUT2D eigenvalue weighted by molar-refractivity contribution is -0.141. The number of methoxy groups -OCH3 is 1. The van der Waals surface area contributed by atoms with Gasteiger partial charge >= 0.3 is 0 Å². The van der Waals surface area contributed by atoms with Crippen LogP contribution in [0, 0.1) is 0 Å². The summed E-state index contributed by atoms with van der Waals surface area (Å²) in [5.41, 5.74) is 2.40. The molecule has 1 fully saturated rings. The molecule has 3 aromatic rings. The number of nitrogens with one attached hydrogen (secondary N) is 1. The Labute approximate surface area is 242 Å². The fourth-order valence-corrected chi connectivity index (χ4v) is 6.45. The third kappa shape index (κ3) is 7.62. The van der Waals surface area contributed by atoms with Crippen LogP contribution in [0.3, 0.4) is 0 Å². The van der Waals surface area contributed by atoms with Crippen molar-refractivity contribution in [2.24, 2.45) is 0 Å². The van der Waals surface area contributed by atoms with E-state index in [9.17, 15) is 18.0 Å². The Morgan fingerprint density at radius 2 is 1.61 bits per heavy atom. The second-order valence-corrected chi connectivity index (χ2v) is 11.9. The average Bonchev–Trinajstić information content (AvgIpc) is 3.56. The van der Waals surface area contributed by atoms with Gasteiger partial charge in [-0.3, -0.25) is 9.59 Å². The first-order valence-electron chi connectivity index (χ1n) is 13.8.